The van der Waals surface area contributed by atoms with Crippen molar-refractivity contribution in [3.05, 3.63) is 21.8 Å². The van der Waals surface area contributed by atoms with Crippen molar-refractivity contribution in [2.24, 2.45) is 11.8 Å². The van der Waals surface area contributed by atoms with Gasteiger partial charge in [-0.05, 0) is 67.3 Å². The number of aromatic nitrogens is 1. The van der Waals surface area contributed by atoms with Crippen LogP contribution in [-0.2, 0) is 0 Å². The van der Waals surface area contributed by atoms with Crippen molar-refractivity contribution in [1.29, 1.82) is 0 Å². The lowest BCUT2D eigenvalue weighted by molar-refractivity contribution is -0.00502. The summed E-state index contributed by atoms with van der Waals surface area (Å²) in [6.07, 6.45) is 6.24. The zero-order valence-corrected chi connectivity index (χ0v) is 14.3. The molecule has 0 unspecified atom stereocenters. The molecule has 1 aliphatic rings. The summed E-state index contributed by atoms with van der Waals surface area (Å²) in [6, 6.07) is 1.84. The number of anilines is 1. The molecule has 1 saturated carbocycles. The second kappa shape index (κ2) is 6.63. The van der Waals surface area contributed by atoms with Gasteiger partial charge >= 0.3 is 0 Å². The average molecular weight is 362 g/mol. The minimum Gasteiger partial charge on any atom is -0.390 e. The molecule has 1 aromatic rings. The largest absolute Gasteiger partial charge is 0.390 e. The first-order valence-corrected chi connectivity index (χ1v) is 8.30. The Hall–Kier alpha value is -0.320. The van der Waals surface area contributed by atoms with Crippen molar-refractivity contribution in [3.63, 3.8) is 0 Å². The zero-order chi connectivity index (χ0) is 14.8. The molecule has 0 saturated heterocycles. The molecule has 112 valence electrons. The molecule has 0 aromatic carbocycles. The van der Waals surface area contributed by atoms with Gasteiger partial charge in [-0.2, -0.15) is 0 Å². The van der Waals surface area contributed by atoms with E-state index in [0.717, 1.165) is 42.5 Å². The Morgan fingerprint density at radius 2 is 2.05 bits per heavy atom. The van der Waals surface area contributed by atoms with Gasteiger partial charge in [0.25, 0.3) is 0 Å². The molecule has 0 amide bonds. The lowest BCUT2D eigenvalue weighted by Crippen LogP contribution is -2.35. The SMILES string of the molecule is CC(C)(O)C1CCC(CNc2cc(Cl)c(Br)cn2)CC1. The van der Waals surface area contributed by atoms with Gasteiger partial charge in [-0.3, -0.25) is 0 Å². The van der Waals surface area contributed by atoms with Crippen LogP contribution < -0.4 is 5.32 Å². The Morgan fingerprint density at radius 3 is 2.60 bits per heavy atom. The van der Waals surface area contributed by atoms with E-state index < -0.39 is 5.60 Å². The summed E-state index contributed by atoms with van der Waals surface area (Å²) < 4.78 is 0.815. The third-order valence-electron chi connectivity index (χ3n) is 4.23. The fraction of sp³-hybridized carbons (Fsp3) is 0.667. The first kappa shape index (κ1) is 16.1. The quantitative estimate of drug-likeness (QED) is 0.830. The van der Waals surface area contributed by atoms with Crippen molar-refractivity contribution < 1.29 is 5.11 Å². The lowest BCUT2D eigenvalue weighted by atomic mass is 9.75. The second-order valence-corrected chi connectivity index (χ2v) is 7.50. The fourth-order valence-corrected chi connectivity index (χ4v) is 3.20. The van der Waals surface area contributed by atoms with Crippen molar-refractivity contribution in [2.75, 3.05) is 11.9 Å². The van der Waals surface area contributed by atoms with Crippen LogP contribution in [0.5, 0.6) is 0 Å². The van der Waals surface area contributed by atoms with E-state index in [1.54, 1.807) is 6.20 Å². The highest BCUT2D eigenvalue weighted by Crippen LogP contribution is 2.35. The molecular weight excluding hydrogens is 340 g/mol. The highest BCUT2D eigenvalue weighted by molar-refractivity contribution is 9.10. The molecule has 3 nitrogen and oxygen atoms in total. The maximum Gasteiger partial charge on any atom is 0.127 e. The summed E-state index contributed by atoms with van der Waals surface area (Å²) in [5, 5.41) is 14.1. The van der Waals surface area contributed by atoms with Gasteiger partial charge in [-0.1, -0.05) is 11.6 Å². The van der Waals surface area contributed by atoms with Crippen LogP contribution in [0.3, 0.4) is 0 Å². The predicted octanol–water partition coefficient (Wildman–Crippen LogP) is 4.49. The van der Waals surface area contributed by atoms with Gasteiger partial charge in [0.2, 0.25) is 0 Å². The van der Waals surface area contributed by atoms with E-state index in [2.05, 4.69) is 26.2 Å². The summed E-state index contributed by atoms with van der Waals surface area (Å²) in [5.74, 6) is 1.90. The molecule has 5 heteroatoms. The molecule has 1 fully saturated rings. The minimum atomic E-state index is -0.542. The summed E-state index contributed by atoms with van der Waals surface area (Å²) in [4.78, 5) is 4.30. The molecule has 0 spiro atoms. The van der Waals surface area contributed by atoms with Crippen LogP contribution in [0.25, 0.3) is 0 Å². The summed E-state index contributed by atoms with van der Waals surface area (Å²) in [6.45, 7) is 4.76. The summed E-state index contributed by atoms with van der Waals surface area (Å²) in [5.41, 5.74) is -0.542. The zero-order valence-electron chi connectivity index (χ0n) is 12.0. The van der Waals surface area contributed by atoms with E-state index in [1.165, 1.54) is 0 Å². The minimum absolute atomic E-state index is 0.430. The number of hydrogen-bond donors (Lipinski definition) is 2. The molecule has 0 aliphatic heterocycles. The average Bonchev–Trinajstić information content (AvgIpc) is 2.40. The highest BCUT2D eigenvalue weighted by atomic mass is 79.9. The van der Waals surface area contributed by atoms with Gasteiger partial charge in [-0.25, -0.2) is 4.98 Å². The highest BCUT2D eigenvalue weighted by Gasteiger charge is 2.31. The summed E-state index contributed by atoms with van der Waals surface area (Å²) in [7, 11) is 0. The van der Waals surface area contributed by atoms with E-state index in [0.29, 0.717) is 16.9 Å². The van der Waals surface area contributed by atoms with Crippen molar-refractivity contribution in [2.45, 2.75) is 45.1 Å². The number of aliphatic hydroxyl groups is 1. The number of pyridine rings is 1. The molecular formula is C15H22BrClN2O. The Labute approximate surface area is 134 Å². The van der Waals surface area contributed by atoms with Crippen LogP contribution in [0.1, 0.15) is 39.5 Å². The molecule has 0 atom stereocenters. The Kier molecular flexibility index (Phi) is 5.32. The third-order valence-corrected chi connectivity index (χ3v) is 5.40. The number of nitrogens with one attached hydrogen (secondary N) is 1. The first-order valence-electron chi connectivity index (χ1n) is 7.13. The Balaban J connectivity index is 1.80. The van der Waals surface area contributed by atoms with Crippen molar-refractivity contribution in [3.8, 4) is 0 Å². The number of halogens is 2. The molecule has 2 rings (SSSR count). The molecule has 0 radical (unpaired) electrons. The van der Waals surface area contributed by atoms with Crippen LogP contribution in [0.4, 0.5) is 5.82 Å². The normalized spacial score (nSPS) is 23.6. The van der Waals surface area contributed by atoms with Crippen LogP contribution in [0, 0.1) is 11.8 Å². The van der Waals surface area contributed by atoms with E-state index >= 15 is 0 Å². The maximum atomic E-state index is 10.0. The van der Waals surface area contributed by atoms with Crippen LogP contribution in [0.15, 0.2) is 16.7 Å². The van der Waals surface area contributed by atoms with Gasteiger partial charge < -0.3 is 10.4 Å². The fourth-order valence-electron chi connectivity index (χ4n) is 2.83. The molecule has 0 bridgehead atoms. The summed E-state index contributed by atoms with van der Waals surface area (Å²) >= 11 is 9.39. The van der Waals surface area contributed by atoms with Gasteiger partial charge in [0.15, 0.2) is 0 Å². The second-order valence-electron chi connectivity index (χ2n) is 6.24. The van der Waals surface area contributed by atoms with E-state index in [-0.39, 0.29) is 0 Å². The monoisotopic (exact) mass is 360 g/mol. The van der Waals surface area contributed by atoms with Gasteiger partial charge in [-0.15, -0.1) is 0 Å². The van der Waals surface area contributed by atoms with Crippen molar-refractivity contribution in [1.82, 2.24) is 4.98 Å². The van der Waals surface area contributed by atoms with E-state index in [9.17, 15) is 5.11 Å². The maximum absolute atomic E-state index is 10.0. The molecule has 1 aromatic heterocycles. The van der Waals surface area contributed by atoms with E-state index in [1.807, 2.05) is 19.9 Å². The van der Waals surface area contributed by atoms with Crippen molar-refractivity contribution >= 4 is 33.3 Å². The smallest absolute Gasteiger partial charge is 0.127 e. The standard InChI is InChI=1S/C15H22BrClN2O/c1-15(2,20)11-5-3-10(4-6-11)8-18-14-7-13(17)12(16)9-19-14/h7,9-11,20H,3-6,8H2,1-2H3,(H,18,19). The van der Waals surface area contributed by atoms with Gasteiger partial charge in [0.1, 0.15) is 5.82 Å². The van der Waals surface area contributed by atoms with E-state index in [4.69, 9.17) is 11.6 Å². The van der Waals surface area contributed by atoms with Gasteiger partial charge in [0, 0.05) is 18.8 Å². The lowest BCUT2D eigenvalue weighted by Gasteiger charge is -2.35. The Morgan fingerprint density at radius 1 is 1.40 bits per heavy atom. The number of rotatable bonds is 4. The number of hydrogen-bond acceptors (Lipinski definition) is 3. The van der Waals surface area contributed by atoms with Crippen LogP contribution >= 0.6 is 27.5 Å². The third kappa shape index (κ3) is 4.34. The number of nitrogens with zero attached hydrogens (tertiary/aromatic N) is 1. The molecule has 1 aliphatic carbocycles. The molecule has 2 N–H and O–H groups in total. The topological polar surface area (TPSA) is 45.1 Å². The first-order chi connectivity index (χ1) is 9.36. The predicted molar refractivity (Wildman–Crippen MR) is 87.2 cm³/mol. The Bertz CT molecular complexity index is 454. The van der Waals surface area contributed by atoms with Crippen LogP contribution in [0.2, 0.25) is 5.02 Å². The molecule has 20 heavy (non-hydrogen) atoms. The van der Waals surface area contributed by atoms with Gasteiger partial charge in [0.05, 0.1) is 15.1 Å². The van der Waals surface area contributed by atoms with Crippen LogP contribution in [-0.4, -0.2) is 22.2 Å². The molecule has 1 heterocycles.